The summed E-state index contributed by atoms with van der Waals surface area (Å²) < 4.78 is 1.97. The van der Waals surface area contributed by atoms with E-state index in [0.29, 0.717) is 24.2 Å². The summed E-state index contributed by atoms with van der Waals surface area (Å²) in [4.78, 5) is 30.2. The molecule has 136 valence electrons. The third kappa shape index (κ3) is 3.89. The number of hydrogen-bond donors (Lipinski definition) is 1. The quantitative estimate of drug-likeness (QED) is 0.759. The number of imidazole rings is 1. The van der Waals surface area contributed by atoms with Crippen LogP contribution in [0, 0.1) is 0 Å². The van der Waals surface area contributed by atoms with Crippen LogP contribution in [0.25, 0.3) is 0 Å². The Balaban J connectivity index is 1.43. The number of carbonyl (C=O) groups excluding carboxylic acids is 2. The highest BCUT2D eigenvalue weighted by Crippen LogP contribution is 2.24. The first-order valence-electron chi connectivity index (χ1n) is 8.95. The van der Waals surface area contributed by atoms with Crippen molar-refractivity contribution in [1.82, 2.24) is 9.55 Å². The Morgan fingerprint density at radius 1 is 1.15 bits per heavy atom. The van der Waals surface area contributed by atoms with Gasteiger partial charge in [-0.1, -0.05) is 18.2 Å². The third-order valence-electron chi connectivity index (χ3n) is 4.63. The summed E-state index contributed by atoms with van der Waals surface area (Å²) in [5.41, 5.74) is 3.19. The SMILES string of the molecule is O=C(Nc1cccc(N2CCCC2=O)c1)c1ccc(Cn2ccnc2)cc1. The van der Waals surface area contributed by atoms with Crippen LogP contribution in [0.1, 0.15) is 28.8 Å². The number of nitrogens with one attached hydrogen (secondary N) is 1. The molecule has 2 heterocycles. The fourth-order valence-corrected chi connectivity index (χ4v) is 3.23. The first kappa shape index (κ1) is 17.0. The molecule has 0 atom stereocenters. The van der Waals surface area contributed by atoms with Crippen molar-refractivity contribution in [1.29, 1.82) is 0 Å². The molecule has 1 saturated heterocycles. The monoisotopic (exact) mass is 360 g/mol. The minimum atomic E-state index is -0.172. The highest BCUT2D eigenvalue weighted by Gasteiger charge is 2.21. The minimum absolute atomic E-state index is 0.131. The van der Waals surface area contributed by atoms with Crippen LogP contribution in [0.4, 0.5) is 11.4 Å². The highest BCUT2D eigenvalue weighted by molar-refractivity contribution is 6.05. The van der Waals surface area contributed by atoms with Gasteiger partial charge in [0.1, 0.15) is 0 Å². The summed E-state index contributed by atoms with van der Waals surface area (Å²) in [5.74, 6) is -0.0407. The number of anilines is 2. The van der Waals surface area contributed by atoms with Gasteiger partial charge in [0, 0.05) is 48.8 Å². The van der Waals surface area contributed by atoms with Crippen molar-refractivity contribution in [3.8, 4) is 0 Å². The van der Waals surface area contributed by atoms with Crippen molar-refractivity contribution in [2.75, 3.05) is 16.8 Å². The predicted octanol–water partition coefficient (Wildman–Crippen LogP) is 3.31. The van der Waals surface area contributed by atoms with E-state index in [1.165, 1.54) is 0 Å². The molecule has 3 aromatic rings. The molecule has 2 aromatic carbocycles. The van der Waals surface area contributed by atoms with Gasteiger partial charge in [-0.15, -0.1) is 0 Å². The van der Waals surface area contributed by atoms with Crippen molar-refractivity contribution < 1.29 is 9.59 Å². The second-order valence-corrected chi connectivity index (χ2v) is 6.59. The summed E-state index contributed by atoms with van der Waals surface area (Å²) in [7, 11) is 0. The van der Waals surface area contributed by atoms with E-state index in [2.05, 4.69) is 10.3 Å². The lowest BCUT2D eigenvalue weighted by atomic mass is 10.1. The molecular weight excluding hydrogens is 340 g/mol. The number of hydrogen-bond acceptors (Lipinski definition) is 3. The Kier molecular flexibility index (Phi) is 4.70. The Labute approximate surface area is 157 Å². The summed E-state index contributed by atoms with van der Waals surface area (Å²) >= 11 is 0. The second-order valence-electron chi connectivity index (χ2n) is 6.59. The van der Waals surface area contributed by atoms with Gasteiger partial charge in [-0.25, -0.2) is 4.98 Å². The smallest absolute Gasteiger partial charge is 0.255 e. The molecule has 6 heteroatoms. The van der Waals surface area contributed by atoms with Gasteiger partial charge in [0.25, 0.3) is 5.91 Å². The van der Waals surface area contributed by atoms with Crippen molar-refractivity contribution in [2.24, 2.45) is 0 Å². The van der Waals surface area contributed by atoms with E-state index < -0.39 is 0 Å². The molecule has 0 unspecified atom stereocenters. The first-order chi connectivity index (χ1) is 13.2. The van der Waals surface area contributed by atoms with Crippen LogP contribution in [0.2, 0.25) is 0 Å². The molecule has 0 bridgehead atoms. The van der Waals surface area contributed by atoms with E-state index in [0.717, 1.165) is 24.2 Å². The van der Waals surface area contributed by atoms with E-state index in [9.17, 15) is 9.59 Å². The largest absolute Gasteiger partial charge is 0.333 e. The third-order valence-corrected chi connectivity index (χ3v) is 4.63. The molecule has 1 aromatic heterocycles. The molecule has 4 rings (SSSR count). The Hall–Kier alpha value is -3.41. The fraction of sp³-hybridized carbons (Fsp3) is 0.190. The van der Waals surface area contributed by atoms with E-state index in [4.69, 9.17) is 0 Å². The van der Waals surface area contributed by atoms with Gasteiger partial charge in [0.05, 0.1) is 6.33 Å². The number of benzene rings is 2. The lowest BCUT2D eigenvalue weighted by Gasteiger charge is -2.16. The van der Waals surface area contributed by atoms with Crippen molar-refractivity contribution in [3.63, 3.8) is 0 Å². The van der Waals surface area contributed by atoms with Crippen molar-refractivity contribution >= 4 is 23.2 Å². The van der Waals surface area contributed by atoms with Gasteiger partial charge in [-0.2, -0.15) is 0 Å². The lowest BCUT2D eigenvalue weighted by Crippen LogP contribution is -2.23. The molecule has 2 amide bonds. The van der Waals surface area contributed by atoms with E-state index >= 15 is 0 Å². The van der Waals surface area contributed by atoms with Gasteiger partial charge >= 0.3 is 0 Å². The van der Waals surface area contributed by atoms with Crippen LogP contribution in [-0.4, -0.2) is 27.9 Å². The van der Waals surface area contributed by atoms with Crippen LogP contribution < -0.4 is 10.2 Å². The van der Waals surface area contributed by atoms with Crippen molar-refractivity contribution in [2.45, 2.75) is 19.4 Å². The molecule has 0 aliphatic carbocycles. The average molecular weight is 360 g/mol. The maximum Gasteiger partial charge on any atom is 0.255 e. The molecule has 1 N–H and O–H groups in total. The van der Waals surface area contributed by atoms with Crippen LogP contribution >= 0.6 is 0 Å². The zero-order chi connectivity index (χ0) is 18.6. The van der Waals surface area contributed by atoms with E-state index in [1.54, 1.807) is 17.4 Å². The number of rotatable bonds is 5. The van der Waals surface area contributed by atoms with Crippen LogP contribution in [0.3, 0.4) is 0 Å². The lowest BCUT2D eigenvalue weighted by molar-refractivity contribution is -0.117. The van der Waals surface area contributed by atoms with Crippen LogP contribution in [-0.2, 0) is 11.3 Å². The van der Waals surface area contributed by atoms with Gasteiger partial charge in [-0.3, -0.25) is 9.59 Å². The number of aromatic nitrogens is 2. The van der Waals surface area contributed by atoms with Gasteiger partial charge < -0.3 is 14.8 Å². The topological polar surface area (TPSA) is 67.2 Å². The molecule has 0 saturated carbocycles. The van der Waals surface area contributed by atoms with Crippen LogP contribution in [0.5, 0.6) is 0 Å². The zero-order valence-electron chi connectivity index (χ0n) is 14.8. The molecule has 0 radical (unpaired) electrons. The van der Waals surface area contributed by atoms with Crippen LogP contribution in [0.15, 0.2) is 67.3 Å². The Morgan fingerprint density at radius 2 is 2.00 bits per heavy atom. The fourth-order valence-electron chi connectivity index (χ4n) is 3.23. The van der Waals surface area contributed by atoms with Gasteiger partial charge in [0.2, 0.25) is 5.91 Å². The summed E-state index contributed by atoms with van der Waals surface area (Å²) in [6.45, 7) is 1.45. The maximum absolute atomic E-state index is 12.5. The van der Waals surface area contributed by atoms with E-state index in [-0.39, 0.29) is 11.8 Å². The molecule has 1 fully saturated rings. The standard InChI is InChI=1S/C21H20N4O2/c26-20-5-2-11-25(20)19-4-1-3-18(13-19)23-21(27)17-8-6-16(7-9-17)14-24-12-10-22-15-24/h1,3-4,6-10,12-13,15H,2,5,11,14H2,(H,23,27). The normalized spacial score (nSPS) is 13.8. The number of amides is 2. The summed E-state index contributed by atoms with van der Waals surface area (Å²) in [6, 6.07) is 14.9. The molecular formula is C21H20N4O2. The first-order valence-corrected chi connectivity index (χ1v) is 8.95. The molecule has 0 spiro atoms. The number of nitrogens with zero attached hydrogens (tertiary/aromatic N) is 3. The molecule has 1 aliphatic heterocycles. The summed E-state index contributed by atoms with van der Waals surface area (Å²) in [6.07, 6.45) is 6.87. The second kappa shape index (κ2) is 7.45. The van der Waals surface area contributed by atoms with Crippen molar-refractivity contribution in [3.05, 3.63) is 78.4 Å². The predicted molar refractivity (Wildman–Crippen MR) is 104 cm³/mol. The zero-order valence-corrected chi connectivity index (χ0v) is 14.8. The number of carbonyl (C=O) groups is 2. The Bertz CT molecular complexity index is 949. The molecule has 6 nitrogen and oxygen atoms in total. The molecule has 27 heavy (non-hydrogen) atoms. The summed E-state index contributed by atoms with van der Waals surface area (Å²) in [5, 5.41) is 2.91. The average Bonchev–Trinajstić information content (AvgIpc) is 3.34. The van der Waals surface area contributed by atoms with Gasteiger partial charge in [0.15, 0.2) is 0 Å². The highest BCUT2D eigenvalue weighted by atomic mass is 16.2. The van der Waals surface area contributed by atoms with Gasteiger partial charge in [-0.05, 0) is 42.3 Å². The minimum Gasteiger partial charge on any atom is -0.333 e. The molecule has 1 aliphatic rings. The maximum atomic E-state index is 12.5. The Morgan fingerprint density at radius 3 is 2.70 bits per heavy atom. The van der Waals surface area contributed by atoms with E-state index in [1.807, 2.05) is 59.3 Å².